The van der Waals surface area contributed by atoms with E-state index in [-0.39, 0.29) is 5.41 Å². The van der Waals surface area contributed by atoms with Crippen LogP contribution in [-0.4, -0.2) is 0 Å². The summed E-state index contributed by atoms with van der Waals surface area (Å²) in [6.45, 7) is 0. The Bertz CT molecular complexity index is 2080. The highest BCUT2D eigenvalue weighted by molar-refractivity contribution is 5.85. The summed E-state index contributed by atoms with van der Waals surface area (Å²) < 4.78 is 0. The molecular weight excluding hydrogens is 601 g/mol. The number of hydrogen-bond acceptors (Lipinski definition) is 0. The van der Waals surface area contributed by atoms with E-state index in [0.717, 1.165) is 38.5 Å². The maximum absolute atomic E-state index is 2.49. The van der Waals surface area contributed by atoms with Gasteiger partial charge in [-0.25, -0.2) is 0 Å². The van der Waals surface area contributed by atoms with Crippen LogP contribution in [0.2, 0.25) is 0 Å². The van der Waals surface area contributed by atoms with Crippen molar-refractivity contribution in [2.45, 2.75) is 49.9 Å². The molecule has 2 aliphatic rings. The Kier molecular flexibility index (Phi) is 9.26. The molecule has 0 saturated carbocycles. The van der Waals surface area contributed by atoms with Gasteiger partial charge in [-0.15, -0.1) is 0 Å². The molecule has 0 heterocycles. The average molecular weight is 645 g/mol. The SMILES string of the molecule is C1=CC2=C(CC1)C(c1ccccc1)(c1ccccc1)c1ccccc1/C(c1ccc(CCC(Cc3ccccc3)c3ccccc3)cc1)=C\C2. The van der Waals surface area contributed by atoms with Gasteiger partial charge in [-0.1, -0.05) is 188 Å². The molecule has 6 aromatic carbocycles. The van der Waals surface area contributed by atoms with Gasteiger partial charge in [0.05, 0.1) is 5.41 Å². The molecule has 0 radical (unpaired) electrons. The van der Waals surface area contributed by atoms with Crippen LogP contribution in [0.15, 0.2) is 199 Å². The molecule has 0 N–H and O–H groups in total. The highest BCUT2D eigenvalue weighted by atomic mass is 14.4. The highest BCUT2D eigenvalue weighted by Crippen LogP contribution is 2.53. The van der Waals surface area contributed by atoms with Crippen LogP contribution < -0.4 is 0 Å². The van der Waals surface area contributed by atoms with Crippen molar-refractivity contribution in [2.75, 3.05) is 0 Å². The van der Waals surface area contributed by atoms with Crippen LogP contribution in [0.4, 0.5) is 0 Å². The largest absolute Gasteiger partial charge is 0.0839 e. The van der Waals surface area contributed by atoms with Crippen molar-refractivity contribution >= 4 is 5.57 Å². The zero-order valence-electron chi connectivity index (χ0n) is 28.7. The molecular formula is C50H44. The molecule has 0 bridgehead atoms. The van der Waals surface area contributed by atoms with Gasteiger partial charge >= 0.3 is 0 Å². The van der Waals surface area contributed by atoms with Gasteiger partial charge in [-0.3, -0.25) is 0 Å². The van der Waals surface area contributed by atoms with Crippen molar-refractivity contribution in [3.05, 3.63) is 244 Å². The summed E-state index contributed by atoms with van der Waals surface area (Å²) >= 11 is 0. The number of hydrogen-bond donors (Lipinski definition) is 0. The monoisotopic (exact) mass is 644 g/mol. The predicted molar refractivity (Wildman–Crippen MR) is 210 cm³/mol. The first-order valence-electron chi connectivity index (χ1n) is 18.3. The van der Waals surface area contributed by atoms with Crippen LogP contribution in [-0.2, 0) is 18.3 Å². The topological polar surface area (TPSA) is 0 Å². The summed E-state index contributed by atoms with van der Waals surface area (Å²) in [5, 5.41) is 0. The molecule has 6 aromatic rings. The Morgan fingerprint density at radius 2 is 1.16 bits per heavy atom. The zero-order valence-corrected chi connectivity index (χ0v) is 28.7. The Morgan fingerprint density at radius 1 is 0.560 bits per heavy atom. The second kappa shape index (κ2) is 14.6. The third-order valence-electron chi connectivity index (χ3n) is 10.9. The number of allylic oxidation sites excluding steroid dienone is 5. The molecule has 0 heteroatoms. The van der Waals surface area contributed by atoms with Crippen LogP contribution in [0, 0.1) is 0 Å². The molecule has 0 nitrogen and oxygen atoms in total. The van der Waals surface area contributed by atoms with Crippen LogP contribution in [0.3, 0.4) is 0 Å². The fraction of sp³-hybridized carbons (Fsp3) is 0.160. The van der Waals surface area contributed by atoms with Crippen LogP contribution >= 0.6 is 0 Å². The Hall–Kier alpha value is -5.46. The number of rotatable bonds is 9. The molecule has 1 atom stereocenters. The zero-order chi connectivity index (χ0) is 33.6. The maximum atomic E-state index is 2.49. The first-order valence-corrected chi connectivity index (χ1v) is 18.3. The van der Waals surface area contributed by atoms with Crippen LogP contribution in [0.25, 0.3) is 5.57 Å². The number of benzene rings is 6. The Morgan fingerprint density at radius 3 is 1.84 bits per heavy atom. The summed E-state index contributed by atoms with van der Waals surface area (Å²) in [6.07, 6.45) is 13.5. The molecule has 0 amide bonds. The van der Waals surface area contributed by atoms with E-state index in [2.05, 4.69) is 188 Å². The standard InChI is InChI=1S/C50H44/c1-5-17-39(18-6-1)37-43(40-19-7-2-8-20-40)34-31-38-29-32-41(33-30-38)46-36-35-42-21-13-15-27-48(42)50(44-22-9-3-10-23-44,45-24-11-4-12-25-45)49-28-16-14-26-47(46)49/h1-14,16-26,28-30,32-33,36,43H,15,27,31,34-35,37H2/b46-36-. The lowest BCUT2D eigenvalue weighted by Gasteiger charge is -2.43. The van der Waals surface area contributed by atoms with Gasteiger partial charge in [0.25, 0.3) is 0 Å². The van der Waals surface area contributed by atoms with Gasteiger partial charge in [0, 0.05) is 0 Å². The number of fused-ring (bicyclic) bond motifs is 1. The van der Waals surface area contributed by atoms with E-state index in [9.17, 15) is 0 Å². The minimum Gasteiger partial charge on any atom is -0.0839 e. The maximum Gasteiger partial charge on any atom is 0.0673 e. The van der Waals surface area contributed by atoms with Crippen molar-refractivity contribution < 1.29 is 0 Å². The molecule has 0 spiro atoms. The van der Waals surface area contributed by atoms with E-state index < -0.39 is 0 Å². The molecule has 8 rings (SSSR count). The van der Waals surface area contributed by atoms with E-state index in [0.29, 0.717) is 5.92 Å². The third-order valence-corrected chi connectivity index (χ3v) is 10.9. The molecule has 0 fully saturated rings. The summed E-state index contributed by atoms with van der Waals surface area (Å²) in [6, 6.07) is 63.2. The van der Waals surface area contributed by atoms with Gasteiger partial charge in [-0.05, 0) is 106 Å². The Balaban J connectivity index is 1.18. The fourth-order valence-corrected chi connectivity index (χ4v) is 8.54. The lowest BCUT2D eigenvalue weighted by atomic mass is 9.59. The van der Waals surface area contributed by atoms with Crippen molar-refractivity contribution in [3.63, 3.8) is 0 Å². The minimum absolute atomic E-state index is 0.385. The second-order valence-electron chi connectivity index (χ2n) is 13.8. The summed E-state index contributed by atoms with van der Waals surface area (Å²) in [5.74, 6) is 0.480. The van der Waals surface area contributed by atoms with Gasteiger partial charge < -0.3 is 0 Å². The Labute approximate surface area is 298 Å². The van der Waals surface area contributed by atoms with E-state index in [1.54, 1.807) is 0 Å². The second-order valence-corrected chi connectivity index (χ2v) is 13.8. The summed E-state index contributed by atoms with van der Waals surface area (Å²) in [4.78, 5) is 0. The molecule has 50 heavy (non-hydrogen) atoms. The van der Waals surface area contributed by atoms with Gasteiger partial charge in [0.15, 0.2) is 0 Å². The summed E-state index contributed by atoms with van der Waals surface area (Å²) in [5.41, 5.74) is 14.8. The quantitative estimate of drug-likeness (QED) is 0.147. The van der Waals surface area contributed by atoms with Crippen molar-refractivity contribution in [3.8, 4) is 0 Å². The molecule has 0 saturated heterocycles. The predicted octanol–water partition coefficient (Wildman–Crippen LogP) is 12.5. The minimum atomic E-state index is -0.385. The van der Waals surface area contributed by atoms with E-state index in [4.69, 9.17) is 0 Å². The van der Waals surface area contributed by atoms with E-state index >= 15 is 0 Å². The molecule has 2 aliphatic carbocycles. The molecule has 0 aliphatic heterocycles. The van der Waals surface area contributed by atoms with Crippen molar-refractivity contribution in [2.24, 2.45) is 0 Å². The third kappa shape index (κ3) is 6.23. The van der Waals surface area contributed by atoms with Gasteiger partial charge in [0.2, 0.25) is 0 Å². The lowest BCUT2D eigenvalue weighted by molar-refractivity contribution is 0.621. The van der Waals surface area contributed by atoms with E-state index in [1.807, 2.05) is 0 Å². The summed E-state index contributed by atoms with van der Waals surface area (Å²) in [7, 11) is 0. The van der Waals surface area contributed by atoms with Crippen LogP contribution in [0.5, 0.6) is 0 Å². The van der Waals surface area contributed by atoms with E-state index in [1.165, 1.54) is 61.2 Å². The number of aryl methyl sites for hydroxylation is 1. The van der Waals surface area contributed by atoms with Crippen LogP contribution in [0.1, 0.15) is 76.1 Å². The van der Waals surface area contributed by atoms with Crippen molar-refractivity contribution in [1.82, 2.24) is 0 Å². The molecule has 1 unspecified atom stereocenters. The lowest BCUT2D eigenvalue weighted by Crippen LogP contribution is -2.35. The van der Waals surface area contributed by atoms with Gasteiger partial charge in [0.1, 0.15) is 0 Å². The fourth-order valence-electron chi connectivity index (χ4n) is 8.54. The average Bonchev–Trinajstić information content (AvgIpc) is 3.19. The smallest absolute Gasteiger partial charge is 0.0673 e. The first-order chi connectivity index (χ1) is 24.8. The highest BCUT2D eigenvalue weighted by Gasteiger charge is 2.43. The molecule has 244 valence electrons. The van der Waals surface area contributed by atoms with Gasteiger partial charge in [-0.2, -0.15) is 0 Å². The van der Waals surface area contributed by atoms with Crippen molar-refractivity contribution in [1.29, 1.82) is 0 Å². The normalized spacial score (nSPS) is 16.7. The first kappa shape index (κ1) is 31.8. The molecule has 0 aromatic heterocycles.